The Bertz CT molecular complexity index is 373. The standard InChI is InChI=1S/C15H26N4/c1-2-6-14(7-3-1)19-12-17-18-15(19)11-13-5-4-9-16-10-8-13/h12-14,16H,1-11H2. The molecule has 1 saturated heterocycles. The second kappa shape index (κ2) is 6.51. The van der Waals surface area contributed by atoms with Gasteiger partial charge < -0.3 is 9.88 Å². The van der Waals surface area contributed by atoms with Crippen molar-refractivity contribution in [1.82, 2.24) is 20.1 Å². The highest BCUT2D eigenvalue weighted by molar-refractivity contribution is 4.93. The van der Waals surface area contributed by atoms with Gasteiger partial charge >= 0.3 is 0 Å². The zero-order valence-corrected chi connectivity index (χ0v) is 11.9. The molecule has 2 aliphatic rings. The first-order valence-electron chi connectivity index (χ1n) is 8.02. The number of hydrogen-bond acceptors (Lipinski definition) is 3. The molecule has 1 aromatic rings. The molecule has 1 N–H and O–H groups in total. The smallest absolute Gasteiger partial charge is 0.133 e. The number of nitrogens with one attached hydrogen (secondary N) is 1. The van der Waals surface area contributed by atoms with E-state index in [0.717, 1.165) is 12.3 Å². The van der Waals surface area contributed by atoms with E-state index in [9.17, 15) is 0 Å². The second-order valence-electron chi connectivity index (χ2n) is 6.20. The largest absolute Gasteiger partial charge is 0.317 e. The Morgan fingerprint density at radius 2 is 1.95 bits per heavy atom. The van der Waals surface area contributed by atoms with Crippen molar-refractivity contribution < 1.29 is 0 Å². The predicted molar refractivity (Wildman–Crippen MR) is 76.1 cm³/mol. The SMILES string of the molecule is c1nnc(CC2CCCNCC2)n1C1CCCCC1. The highest BCUT2D eigenvalue weighted by atomic mass is 15.3. The zero-order valence-electron chi connectivity index (χ0n) is 11.9. The molecule has 106 valence electrons. The minimum atomic E-state index is 0.669. The van der Waals surface area contributed by atoms with Crippen LogP contribution in [-0.4, -0.2) is 27.9 Å². The van der Waals surface area contributed by atoms with Gasteiger partial charge in [0.15, 0.2) is 0 Å². The number of aromatic nitrogens is 3. The van der Waals surface area contributed by atoms with Crippen LogP contribution in [0.3, 0.4) is 0 Å². The molecule has 2 fully saturated rings. The predicted octanol–water partition coefficient (Wildman–Crippen LogP) is 2.72. The van der Waals surface area contributed by atoms with Crippen LogP contribution in [0.4, 0.5) is 0 Å². The first-order chi connectivity index (χ1) is 9.43. The third-order valence-electron chi connectivity index (χ3n) is 4.78. The molecule has 0 aromatic carbocycles. The lowest BCUT2D eigenvalue weighted by Crippen LogP contribution is -2.18. The minimum Gasteiger partial charge on any atom is -0.317 e. The van der Waals surface area contributed by atoms with Crippen molar-refractivity contribution in [2.24, 2.45) is 5.92 Å². The van der Waals surface area contributed by atoms with Crippen LogP contribution >= 0.6 is 0 Å². The topological polar surface area (TPSA) is 42.7 Å². The van der Waals surface area contributed by atoms with Crippen molar-refractivity contribution >= 4 is 0 Å². The zero-order chi connectivity index (χ0) is 12.9. The van der Waals surface area contributed by atoms with E-state index < -0.39 is 0 Å². The second-order valence-corrected chi connectivity index (χ2v) is 6.20. The summed E-state index contributed by atoms with van der Waals surface area (Å²) in [5, 5.41) is 12.1. The van der Waals surface area contributed by atoms with Crippen LogP contribution in [0.15, 0.2) is 6.33 Å². The number of nitrogens with zero attached hydrogens (tertiary/aromatic N) is 3. The number of hydrogen-bond donors (Lipinski definition) is 1. The van der Waals surface area contributed by atoms with Gasteiger partial charge in [0.25, 0.3) is 0 Å². The lowest BCUT2D eigenvalue weighted by atomic mass is 9.94. The minimum absolute atomic E-state index is 0.669. The van der Waals surface area contributed by atoms with Gasteiger partial charge in [-0.3, -0.25) is 0 Å². The molecule has 1 aromatic heterocycles. The summed E-state index contributed by atoms with van der Waals surface area (Å²) in [5.74, 6) is 2.03. The van der Waals surface area contributed by atoms with Gasteiger partial charge in [0, 0.05) is 12.5 Å². The maximum atomic E-state index is 4.41. The van der Waals surface area contributed by atoms with Gasteiger partial charge in [-0.05, 0) is 51.1 Å². The third-order valence-corrected chi connectivity index (χ3v) is 4.78. The van der Waals surface area contributed by atoms with Crippen LogP contribution in [-0.2, 0) is 6.42 Å². The Kier molecular flexibility index (Phi) is 4.49. The summed E-state index contributed by atoms with van der Waals surface area (Å²) in [5.41, 5.74) is 0. The quantitative estimate of drug-likeness (QED) is 0.910. The molecule has 0 spiro atoms. The van der Waals surface area contributed by atoms with Crippen molar-refractivity contribution in [3.05, 3.63) is 12.2 Å². The van der Waals surface area contributed by atoms with E-state index in [4.69, 9.17) is 0 Å². The summed E-state index contributed by atoms with van der Waals surface area (Å²) >= 11 is 0. The molecule has 0 radical (unpaired) electrons. The van der Waals surface area contributed by atoms with E-state index in [1.165, 1.54) is 70.3 Å². The fraction of sp³-hybridized carbons (Fsp3) is 0.867. The fourth-order valence-corrected chi connectivity index (χ4v) is 3.63. The van der Waals surface area contributed by atoms with Gasteiger partial charge in [-0.1, -0.05) is 19.3 Å². The maximum absolute atomic E-state index is 4.41. The summed E-state index contributed by atoms with van der Waals surface area (Å²) < 4.78 is 2.39. The first kappa shape index (κ1) is 13.1. The molecule has 1 aliphatic carbocycles. The molecule has 1 saturated carbocycles. The molecule has 19 heavy (non-hydrogen) atoms. The highest BCUT2D eigenvalue weighted by Gasteiger charge is 2.21. The average Bonchev–Trinajstić information content (AvgIpc) is 2.75. The lowest BCUT2D eigenvalue weighted by molar-refractivity contribution is 0.337. The average molecular weight is 262 g/mol. The summed E-state index contributed by atoms with van der Waals surface area (Å²) in [6.45, 7) is 2.36. The van der Waals surface area contributed by atoms with Crippen molar-refractivity contribution in [3.63, 3.8) is 0 Å². The van der Waals surface area contributed by atoms with Crippen LogP contribution in [0, 0.1) is 5.92 Å². The van der Waals surface area contributed by atoms with Crippen molar-refractivity contribution in [2.45, 2.75) is 63.8 Å². The molecule has 4 nitrogen and oxygen atoms in total. The van der Waals surface area contributed by atoms with Crippen molar-refractivity contribution in [3.8, 4) is 0 Å². The van der Waals surface area contributed by atoms with E-state index in [2.05, 4.69) is 20.1 Å². The summed E-state index contributed by atoms with van der Waals surface area (Å²) in [4.78, 5) is 0. The Morgan fingerprint density at radius 1 is 1.05 bits per heavy atom. The maximum Gasteiger partial charge on any atom is 0.133 e. The van der Waals surface area contributed by atoms with E-state index in [-0.39, 0.29) is 0 Å². The highest BCUT2D eigenvalue weighted by Crippen LogP contribution is 2.29. The Balaban J connectivity index is 1.65. The van der Waals surface area contributed by atoms with E-state index in [1.807, 2.05) is 6.33 Å². The molecule has 0 bridgehead atoms. The Morgan fingerprint density at radius 3 is 2.84 bits per heavy atom. The van der Waals surface area contributed by atoms with Crippen LogP contribution in [0.25, 0.3) is 0 Å². The van der Waals surface area contributed by atoms with Crippen LogP contribution in [0.1, 0.15) is 63.2 Å². The van der Waals surface area contributed by atoms with E-state index in [0.29, 0.717) is 6.04 Å². The van der Waals surface area contributed by atoms with Crippen LogP contribution in [0.2, 0.25) is 0 Å². The molecule has 0 amide bonds. The summed E-state index contributed by atoms with van der Waals surface area (Å²) in [6.07, 6.45) is 13.8. The Labute approximate surface area is 116 Å². The van der Waals surface area contributed by atoms with Gasteiger partial charge in [0.1, 0.15) is 12.2 Å². The van der Waals surface area contributed by atoms with Crippen LogP contribution < -0.4 is 5.32 Å². The summed E-state index contributed by atoms with van der Waals surface area (Å²) in [7, 11) is 0. The molecule has 4 heteroatoms. The van der Waals surface area contributed by atoms with Gasteiger partial charge in [0.05, 0.1) is 0 Å². The van der Waals surface area contributed by atoms with Gasteiger partial charge in [-0.15, -0.1) is 10.2 Å². The Hall–Kier alpha value is -0.900. The van der Waals surface area contributed by atoms with E-state index in [1.54, 1.807) is 0 Å². The normalized spacial score (nSPS) is 26.2. The molecule has 1 unspecified atom stereocenters. The van der Waals surface area contributed by atoms with Gasteiger partial charge in [-0.2, -0.15) is 0 Å². The van der Waals surface area contributed by atoms with E-state index >= 15 is 0 Å². The molecule has 2 heterocycles. The number of rotatable bonds is 3. The third kappa shape index (κ3) is 3.35. The molecule has 1 atom stereocenters. The first-order valence-corrected chi connectivity index (χ1v) is 8.02. The van der Waals surface area contributed by atoms with Crippen LogP contribution in [0.5, 0.6) is 0 Å². The summed E-state index contributed by atoms with van der Waals surface area (Å²) in [6, 6.07) is 0.669. The molecular formula is C15H26N4. The van der Waals surface area contributed by atoms with Crippen molar-refractivity contribution in [2.75, 3.05) is 13.1 Å². The monoisotopic (exact) mass is 262 g/mol. The van der Waals surface area contributed by atoms with Gasteiger partial charge in [0.2, 0.25) is 0 Å². The molecule has 3 rings (SSSR count). The lowest BCUT2D eigenvalue weighted by Gasteiger charge is -2.25. The molecular weight excluding hydrogens is 236 g/mol. The molecule has 1 aliphatic heterocycles. The van der Waals surface area contributed by atoms with Crippen molar-refractivity contribution in [1.29, 1.82) is 0 Å². The fourth-order valence-electron chi connectivity index (χ4n) is 3.63. The van der Waals surface area contributed by atoms with Gasteiger partial charge in [-0.25, -0.2) is 0 Å².